The van der Waals surface area contributed by atoms with Crippen LogP contribution in [0, 0.1) is 0 Å². The molecule has 0 fully saturated rings. The molecule has 0 unspecified atom stereocenters. The highest BCUT2D eigenvalue weighted by atomic mass is 79.9. The third kappa shape index (κ3) is 3.97. The molecule has 0 atom stereocenters. The predicted molar refractivity (Wildman–Crippen MR) is 90.0 cm³/mol. The van der Waals surface area contributed by atoms with Crippen LogP contribution in [0.4, 0.5) is 0 Å². The number of fused-ring (bicyclic) bond motifs is 1. The number of H-pyrrole nitrogens is 1. The first kappa shape index (κ1) is 15.4. The molecule has 0 amide bonds. The number of benzene rings is 1. The number of halogens is 2. The van der Waals surface area contributed by atoms with Gasteiger partial charge >= 0.3 is 0 Å². The lowest BCUT2D eigenvalue weighted by atomic mass is 10.3. The minimum absolute atomic E-state index is 0.987. The zero-order valence-corrected chi connectivity index (χ0v) is 15.0. The number of aromatic amines is 1. The Labute approximate surface area is 134 Å². The second-order valence-electron chi connectivity index (χ2n) is 4.20. The van der Waals surface area contributed by atoms with Gasteiger partial charge in [-0.05, 0) is 41.2 Å². The van der Waals surface area contributed by atoms with Gasteiger partial charge in [0.25, 0.3) is 0 Å². The molecule has 19 heavy (non-hydrogen) atoms. The number of hydrogen-bond acceptors (Lipinski definition) is 3. The van der Waals surface area contributed by atoms with Gasteiger partial charge in [0.15, 0.2) is 5.16 Å². The van der Waals surface area contributed by atoms with Crippen molar-refractivity contribution in [3.63, 3.8) is 0 Å². The zero-order valence-electron chi connectivity index (χ0n) is 11.0. The Morgan fingerprint density at radius 2 is 2.00 bits per heavy atom. The van der Waals surface area contributed by atoms with E-state index in [2.05, 4.69) is 66.6 Å². The molecule has 0 bridgehead atoms. The molecule has 1 N–H and O–H groups in total. The van der Waals surface area contributed by atoms with Gasteiger partial charge in [-0.15, -0.1) is 0 Å². The van der Waals surface area contributed by atoms with Crippen LogP contribution in [0.25, 0.3) is 11.0 Å². The fourth-order valence-electron chi connectivity index (χ4n) is 1.90. The summed E-state index contributed by atoms with van der Waals surface area (Å²) in [6.45, 7) is 7.71. The molecule has 2 rings (SSSR count). The number of aromatic nitrogens is 2. The van der Waals surface area contributed by atoms with E-state index in [4.69, 9.17) is 0 Å². The molecular weight excluding hydrogens is 390 g/mol. The van der Waals surface area contributed by atoms with Crippen molar-refractivity contribution >= 4 is 54.7 Å². The number of nitrogens with zero attached hydrogens (tertiary/aromatic N) is 2. The molecule has 1 aromatic heterocycles. The van der Waals surface area contributed by atoms with E-state index in [0.29, 0.717) is 0 Å². The van der Waals surface area contributed by atoms with Crippen molar-refractivity contribution in [2.75, 3.05) is 25.4 Å². The summed E-state index contributed by atoms with van der Waals surface area (Å²) in [5, 5.41) is 0.987. The number of nitrogens with one attached hydrogen (secondary N) is 1. The Morgan fingerprint density at radius 1 is 1.26 bits per heavy atom. The van der Waals surface area contributed by atoms with Gasteiger partial charge in [-0.1, -0.05) is 41.5 Å². The SMILES string of the molecule is CCN(CC)CCSc1nc2c(Br)cc(Br)cc2[nH]1. The quantitative estimate of drug-likeness (QED) is 0.715. The standard InChI is InChI=1S/C13H17Br2N3S/c1-3-18(4-2)5-6-19-13-16-11-8-9(14)7-10(15)12(11)17-13/h7-8H,3-6H2,1-2H3,(H,16,17). The maximum atomic E-state index is 4.62. The molecule has 0 aliphatic rings. The van der Waals surface area contributed by atoms with Crippen LogP contribution in [0.1, 0.15) is 13.8 Å². The van der Waals surface area contributed by atoms with Crippen molar-refractivity contribution < 1.29 is 0 Å². The van der Waals surface area contributed by atoms with E-state index in [1.807, 2.05) is 6.07 Å². The molecular formula is C13H17Br2N3S. The first-order chi connectivity index (χ1) is 9.13. The molecule has 0 radical (unpaired) electrons. The molecule has 1 heterocycles. The topological polar surface area (TPSA) is 31.9 Å². The monoisotopic (exact) mass is 405 g/mol. The van der Waals surface area contributed by atoms with E-state index in [-0.39, 0.29) is 0 Å². The van der Waals surface area contributed by atoms with Gasteiger partial charge < -0.3 is 9.88 Å². The second-order valence-corrected chi connectivity index (χ2v) is 7.05. The average Bonchev–Trinajstić information content (AvgIpc) is 2.78. The van der Waals surface area contributed by atoms with Crippen LogP contribution in [0.5, 0.6) is 0 Å². The van der Waals surface area contributed by atoms with Crippen molar-refractivity contribution in [1.29, 1.82) is 0 Å². The normalized spacial score (nSPS) is 11.6. The maximum Gasteiger partial charge on any atom is 0.166 e. The van der Waals surface area contributed by atoms with Gasteiger partial charge in [-0.25, -0.2) is 4.98 Å². The van der Waals surface area contributed by atoms with Gasteiger partial charge in [-0.2, -0.15) is 0 Å². The Kier molecular flexibility index (Phi) is 5.74. The Morgan fingerprint density at radius 3 is 2.68 bits per heavy atom. The Balaban J connectivity index is 2.04. The highest BCUT2D eigenvalue weighted by Crippen LogP contribution is 2.29. The fourth-order valence-corrected chi connectivity index (χ4v) is 4.09. The van der Waals surface area contributed by atoms with Crippen LogP contribution in [-0.4, -0.2) is 40.3 Å². The molecule has 0 saturated carbocycles. The van der Waals surface area contributed by atoms with Crippen LogP contribution >= 0.6 is 43.6 Å². The van der Waals surface area contributed by atoms with Crippen molar-refractivity contribution in [2.24, 2.45) is 0 Å². The van der Waals surface area contributed by atoms with E-state index in [0.717, 1.165) is 50.5 Å². The number of imidazole rings is 1. The van der Waals surface area contributed by atoms with Gasteiger partial charge in [0.2, 0.25) is 0 Å². The van der Waals surface area contributed by atoms with Gasteiger partial charge in [0, 0.05) is 21.2 Å². The van der Waals surface area contributed by atoms with Crippen molar-refractivity contribution in [3.05, 3.63) is 21.1 Å². The lowest BCUT2D eigenvalue weighted by Gasteiger charge is -2.16. The van der Waals surface area contributed by atoms with E-state index in [9.17, 15) is 0 Å². The summed E-state index contributed by atoms with van der Waals surface area (Å²) in [4.78, 5) is 10.4. The minimum atomic E-state index is 0.987. The highest BCUT2D eigenvalue weighted by molar-refractivity contribution is 9.11. The summed E-state index contributed by atoms with van der Waals surface area (Å²) in [6.07, 6.45) is 0. The molecule has 0 saturated heterocycles. The fraction of sp³-hybridized carbons (Fsp3) is 0.462. The van der Waals surface area contributed by atoms with E-state index in [1.54, 1.807) is 11.8 Å². The number of rotatable bonds is 6. The number of thioether (sulfide) groups is 1. The van der Waals surface area contributed by atoms with Crippen molar-refractivity contribution in [1.82, 2.24) is 14.9 Å². The summed E-state index contributed by atoms with van der Waals surface area (Å²) < 4.78 is 2.07. The van der Waals surface area contributed by atoms with Crippen molar-refractivity contribution in [2.45, 2.75) is 19.0 Å². The third-order valence-electron chi connectivity index (χ3n) is 3.02. The summed E-state index contributed by atoms with van der Waals surface area (Å²) in [5.41, 5.74) is 2.06. The third-order valence-corrected chi connectivity index (χ3v) is 4.94. The second kappa shape index (κ2) is 7.11. The lowest BCUT2D eigenvalue weighted by molar-refractivity contribution is 0.324. The van der Waals surface area contributed by atoms with E-state index >= 15 is 0 Å². The first-order valence-electron chi connectivity index (χ1n) is 6.34. The van der Waals surface area contributed by atoms with Crippen LogP contribution < -0.4 is 0 Å². The summed E-state index contributed by atoms with van der Waals surface area (Å²) in [5.74, 6) is 1.06. The minimum Gasteiger partial charge on any atom is -0.333 e. The van der Waals surface area contributed by atoms with E-state index < -0.39 is 0 Å². The van der Waals surface area contributed by atoms with Crippen molar-refractivity contribution in [3.8, 4) is 0 Å². The van der Waals surface area contributed by atoms with Crippen LogP contribution in [0.3, 0.4) is 0 Å². The largest absolute Gasteiger partial charge is 0.333 e. The van der Waals surface area contributed by atoms with Gasteiger partial charge in [0.05, 0.1) is 5.52 Å². The molecule has 104 valence electrons. The van der Waals surface area contributed by atoms with E-state index in [1.165, 1.54) is 0 Å². The molecule has 0 aliphatic heterocycles. The molecule has 3 nitrogen and oxygen atoms in total. The smallest absolute Gasteiger partial charge is 0.166 e. The summed E-state index contributed by atoms with van der Waals surface area (Å²) in [7, 11) is 0. The molecule has 2 aromatic rings. The van der Waals surface area contributed by atoms with Crippen LogP contribution in [0.2, 0.25) is 0 Å². The Hall–Kier alpha value is -0.0400. The molecule has 0 aliphatic carbocycles. The van der Waals surface area contributed by atoms with Gasteiger partial charge in [0.1, 0.15) is 5.52 Å². The maximum absolute atomic E-state index is 4.62. The number of hydrogen-bond donors (Lipinski definition) is 1. The van der Waals surface area contributed by atoms with Gasteiger partial charge in [-0.3, -0.25) is 0 Å². The Bertz CT molecular complexity index is 552. The molecule has 6 heteroatoms. The lowest BCUT2D eigenvalue weighted by Crippen LogP contribution is -2.25. The summed E-state index contributed by atoms with van der Waals surface area (Å²) in [6, 6.07) is 4.08. The first-order valence-corrected chi connectivity index (χ1v) is 8.91. The molecule has 1 aromatic carbocycles. The zero-order chi connectivity index (χ0) is 13.8. The summed E-state index contributed by atoms with van der Waals surface area (Å²) >= 11 is 8.81. The van der Waals surface area contributed by atoms with Crippen LogP contribution in [0.15, 0.2) is 26.2 Å². The predicted octanol–water partition coefficient (Wildman–Crippen LogP) is 4.52. The average molecular weight is 407 g/mol. The molecule has 0 spiro atoms. The van der Waals surface area contributed by atoms with Crippen LogP contribution in [-0.2, 0) is 0 Å². The highest BCUT2D eigenvalue weighted by Gasteiger charge is 2.08.